The van der Waals surface area contributed by atoms with Crippen LogP contribution in [0.3, 0.4) is 0 Å². The molecule has 2 aromatic rings. The molecule has 0 saturated carbocycles. The normalized spacial score (nSPS) is 21.4. The number of hydrogen-bond donors (Lipinski definition) is 1. The van der Waals surface area contributed by atoms with Gasteiger partial charge in [0.15, 0.2) is 11.5 Å². The van der Waals surface area contributed by atoms with Gasteiger partial charge in [-0.05, 0) is 71.7 Å². The number of rotatable bonds is 8. The molecule has 164 valence electrons. The van der Waals surface area contributed by atoms with E-state index in [2.05, 4.69) is 44.0 Å². The van der Waals surface area contributed by atoms with Crippen molar-refractivity contribution >= 4 is 16.7 Å². The third-order valence-corrected chi connectivity index (χ3v) is 6.07. The van der Waals surface area contributed by atoms with Gasteiger partial charge in [0, 0.05) is 29.6 Å². The van der Waals surface area contributed by atoms with Crippen LogP contribution in [-0.2, 0) is 4.74 Å². The third kappa shape index (κ3) is 4.21. The first-order chi connectivity index (χ1) is 14.5. The smallest absolute Gasteiger partial charge is 0.163 e. The zero-order chi connectivity index (χ0) is 21.3. The van der Waals surface area contributed by atoms with Gasteiger partial charge in [0.25, 0.3) is 0 Å². The van der Waals surface area contributed by atoms with Crippen LogP contribution in [0.1, 0.15) is 70.3 Å². The molecule has 0 aliphatic carbocycles. The predicted molar refractivity (Wildman–Crippen MR) is 121 cm³/mol. The second-order valence-electron chi connectivity index (χ2n) is 8.78. The van der Waals surface area contributed by atoms with E-state index in [1.165, 1.54) is 31.5 Å². The summed E-state index contributed by atoms with van der Waals surface area (Å²) in [6.45, 7) is 12.7. The van der Waals surface area contributed by atoms with E-state index < -0.39 is 0 Å². The zero-order valence-corrected chi connectivity index (χ0v) is 19.0. The highest BCUT2D eigenvalue weighted by Crippen LogP contribution is 2.47. The molecule has 1 unspecified atom stereocenters. The van der Waals surface area contributed by atoms with Crippen molar-refractivity contribution in [3.63, 3.8) is 0 Å². The van der Waals surface area contributed by atoms with Gasteiger partial charge in [0.05, 0.1) is 31.4 Å². The number of nitrogens with zero attached hydrogens (tertiary/aromatic N) is 2. The topological polar surface area (TPSA) is 55.8 Å². The Labute approximate surface area is 179 Å². The minimum absolute atomic E-state index is 0.0145. The fourth-order valence-corrected chi connectivity index (χ4v) is 4.73. The van der Waals surface area contributed by atoms with Gasteiger partial charge < -0.3 is 24.4 Å². The first kappa shape index (κ1) is 21.2. The Morgan fingerprint density at radius 2 is 1.87 bits per heavy atom. The van der Waals surface area contributed by atoms with Gasteiger partial charge in [-0.25, -0.2) is 4.98 Å². The molecule has 3 heterocycles. The first-order valence-corrected chi connectivity index (χ1v) is 11.3. The molecule has 0 bridgehead atoms. The molecule has 0 spiro atoms. The molecule has 0 amide bonds. The lowest BCUT2D eigenvalue weighted by atomic mass is 9.98. The van der Waals surface area contributed by atoms with Gasteiger partial charge >= 0.3 is 0 Å². The highest BCUT2D eigenvalue weighted by Gasteiger charge is 2.32. The average molecular weight is 414 g/mol. The van der Waals surface area contributed by atoms with Gasteiger partial charge in [0.1, 0.15) is 5.82 Å². The van der Waals surface area contributed by atoms with Gasteiger partial charge in [-0.1, -0.05) is 0 Å². The largest absolute Gasteiger partial charge is 0.493 e. The molecule has 30 heavy (non-hydrogen) atoms. The molecule has 6 nitrogen and oxygen atoms in total. The Balaban J connectivity index is 1.63. The maximum atomic E-state index is 6.14. The summed E-state index contributed by atoms with van der Waals surface area (Å²) in [4.78, 5) is 7.48. The minimum atomic E-state index is 0.0145. The second kappa shape index (κ2) is 8.98. The zero-order valence-electron chi connectivity index (χ0n) is 19.0. The van der Waals surface area contributed by atoms with Crippen molar-refractivity contribution in [1.29, 1.82) is 0 Å². The van der Waals surface area contributed by atoms with Gasteiger partial charge in [-0.2, -0.15) is 0 Å². The Morgan fingerprint density at radius 3 is 2.57 bits per heavy atom. The molecule has 2 atom stereocenters. The maximum Gasteiger partial charge on any atom is 0.163 e. The molecule has 1 aromatic heterocycles. The van der Waals surface area contributed by atoms with E-state index in [9.17, 15) is 0 Å². The Kier molecular flexibility index (Phi) is 6.34. The predicted octanol–water partition coefficient (Wildman–Crippen LogP) is 5.08. The Bertz CT molecular complexity index is 893. The number of fused-ring (bicyclic) bond motifs is 3. The summed E-state index contributed by atoms with van der Waals surface area (Å²) in [6.07, 6.45) is 3.69. The molecule has 1 N–H and O–H groups in total. The third-order valence-electron chi connectivity index (χ3n) is 6.07. The average Bonchev–Trinajstić information content (AvgIpc) is 3.32. The summed E-state index contributed by atoms with van der Waals surface area (Å²) in [6, 6.07) is 4.38. The van der Waals surface area contributed by atoms with Crippen LogP contribution in [0.5, 0.6) is 11.5 Å². The highest BCUT2D eigenvalue weighted by atomic mass is 16.5. The fraction of sp³-hybridized carbons (Fsp3) is 0.625. The summed E-state index contributed by atoms with van der Waals surface area (Å²) in [5, 5.41) is 4.59. The van der Waals surface area contributed by atoms with Crippen LogP contribution < -0.4 is 14.8 Å². The standard InChI is InChI=1S/C24H35N3O3/c1-15(2)25-24-23-17(4)30-16(3)22(23)18-13-20(28-5)21(14-19(18)26-24)29-12-8-11-27-9-6-7-10-27/h13-17H,6-12H2,1-5H3,(H,25,26)/t16-,17?/m1/s1. The number of hydrogen-bond acceptors (Lipinski definition) is 6. The number of methoxy groups -OCH3 is 1. The lowest BCUT2D eigenvalue weighted by Crippen LogP contribution is -2.21. The van der Waals surface area contributed by atoms with Gasteiger partial charge in [0.2, 0.25) is 0 Å². The van der Waals surface area contributed by atoms with Crippen LogP contribution in [0, 0.1) is 0 Å². The molecule has 0 radical (unpaired) electrons. The molecule has 1 fully saturated rings. The Morgan fingerprint density at radius 1 is 1.13 bits per heavy atom. The van der Waals surface area contributed by atoms with Gasteiger partial charge in [-0.15, -0.1) is 0 Å². The number of likely N-dealkylation sites (tertiary alicyclic amines) is 1. The summed E-state index contributed by atoms with van der Waals surface area (Å²) < 4.78 is 18.0. The number of nitrogens with one attached hydrogen (secondary N) is 1. The van der Waals surface area contributed by atoms with Crippen molar-refractivity contribution in [3.8, 4) is 11.5 Å². The quantitative estimate of drug-likeness (QED) is 0.609. The summed E-state index contributed by atoms with van der Waals surface area (Å²) in [7, 11) is 1.70. The summed E-state index contributed by atoms with van der Waals surface area (Å²) >= 11 is 0. The van der Waals surface area contributed by atoms with E-state index in [0.717, 1.165) is 46.7 Å². The summed E-state index contributed by atoms with van der Waals surface area (Å²) in [5.41, 5.74) is 3.27. The molecular weight excluding hydrogens is 378 g/mol. The van der Waals surface area contributed by atoms with Crippen molar-refractivity contribution in [2.75, 3.05) is 38.7 Å². The van der Waals surface area contributed by atoms with Crippen LogP contribution in [0.15, 0.2) is 12.1 Å². The van der Waals surface area contributed by atoms with E-state index in [1.807, 2.05) is 6.07 Å². The molecule has 1 aromatic carbocycles. The van der Waals surface area contributed by atoms with E-state index in [0.29, 0.717) is 12.6 Å². The fourth-order valence-electron chi connectivity index (χ4n) is 4.73. The maximum absolute atomic E-state index is 6.14. The second-order valence-corrected chi connectivity index (χ2v) is 8.78. The molecule has 1 saturated heterocycles. The number of anilines is 1. The summed E-state index contributed by atoms with van der Waals surface area (Å²) in [5.74, 6) is 2.42. The monoisotopic (exact) mass is 413 g/mol. The number of pyridine rings is 1. The molecule has 2 aliphatic rings. The molecule has 4 rings (SSSR count). The number of ether oxygens (including phenoxy) is 3. The highest BCUT2D eigenvalue weighted by molar-refractivity contribution is 5.90. The van der Waals surface area contributed by atoms with E-state index in [-0.39, 0.29) is 12.2 Å². The number of benzene rings is 1. The molecule has 6 heteroatoms. The molecular formula is C24H35N3O3. The first-order valence-electron chi connectivity index (χ1n) is 11.3. The van der Waals surface area contributed by atoms with Crippen LogP contribution >= 0.6 is 0 Å². The van der Waals surface area contributed by atoms with Gasteiger partial charge in [-0.3, -0.25) is 0 Å². The van der Waals surface area contributed by atoms with E-state index in [1.54, 1.807) is 7.11 Å². The van der Waals surface area contributed by atoms with Crippen molar-refractivity contribution in [1.82, 2.24) is 9.88 Å². The molecule has 2 aliphatic heterocycles. The van der Waals surface area contributed by atoms with E-state index in [4.69, 9.17) is 19.2 Å². The Hall–Kier alpha value is -2.05. The SMILES string of the molecule is COc1cc2c3c(c(NC(C)C)nc2cc1OCCCN1CCCC1)C(C)O[C@@H]3C. The van der Waals surface area contributed by atoms with Crippen LogP contribution in [0.2, 0.25) is 0 Å². The minimum Gasteiger partial charge on any atom is -0.493 e. The lowest BCUT2D eigenvalue weighted by Gasteiger charge is -2.19. The number of aromatic nitrogens is 1. The van der Waals surface area contributed by atoms with Crippen molar-refractivity contribution in [2.24, 2.45) is 0 Å². The van der Waals surface area contributed by atoms with Crippen LogP contribution in [-0.4, -0.2) is 49.3 Å². The lowest BCUT2D eigenvalue weighted by molar-refractivity contribution is 0.0338. The van der Waals surface area contributed by atoms with Crippen LogP contribution in [0.25, 0.3) is 10.9 Å². The van der Waals surface area contributed by atoms with Crippen molar-refractivity contribution in [2.45, 2.75) is 65.2 Å². The van der Waals surface area contributed by atoms with Crippen molar-refractivity contribution in [3.05, 3.63) is 23.3 Å². The van der Waals surface area contributed by atoms with Crippen molar-refractivity contribution < 1.29 is 14.2 Å². The van der Waals surface area contributed by atoms with Crippen LogP contribution in [0.4, 0.5) is 5.82 Å². The van der Waals surface area contributed by atoms with E-state index >= 15 is 0 Å².